The zero-order chi connectivity index (χ0) is 13.2. The lowest BCUT2D eigenvalue weighted by atomic mass is 10.1. The van der Waals surface area contributed by atoms with Gasteiger partial charge in [0.15, 0.2) is 0 Å². The maximum Gasteiger partial charge on any atom is 0.220 e. The zero-order valence-corrected chi connectivity index (χ0v) is 11.5. The van der Waals surface area contributed by atoms with Crippen LogP contribution in [0.2, 0.25) is 0 Å². The molecule has 1 aliphatic heterocycles. The van der Waals surface area contributed by atoms with E-state index in [0.717, 1.165) is 19.5 Å². The second-order valence-corrected chi connectivity index (χ2v) is 6.12. The van der Waals surface area contributed by atoms with Gasteiger partial charge in [-0.3, -0.25) is 4.79 Å². The molecule has 100 valence electrons. The number of hydrogen-bond donors (Lipinski definition) is 2. The fourth-order valence-corrected chi connectivity index (χ4v) is 2.14. The van der Waals surface area contributed by atoms with E-state index in [1.165, 1.54) is 5.56 Å². The van der Waals surface area contributed by atoms with Gasteiger partial charge >= 0.3 is 0 Å². The lowest BCUT2D eigenvalue weighted by Crippen LogP contribution is -2.34. The number of amides is 1. The van der Waals surface area contributed by atoms with Crippen LogP contribution in [0.1, 0.15) is 39.2 Å². The molecule has 1 aromatic rings. The van der Waals surface area contributed by atoms with Gasteiger partial charge in [-0.05, 0) is 38.8 Å². The first-order chi connectivity index (χ1) is 8.42. The van der Waals surface area contributed by atoms with Crippen LogP contribution in [-0.2, 0) is 17.9 Å². The second kappa shape index (κ2) is 5.14. The summed E-state index contributed by atoms with van der Waals surface area (Å²) in [6.45, 7) is 8.25. The highest BCUT2D eigenvalue weighted by Gasteiger charge is 2.20. The Morgan fingerprint density at radius 1 is 1.50 bits per heavy atom. The van der Waals surface area contributed by atoms with Gasteiger partial charge in [0.1, 0.15) is 0 Å². The fraction of sp³-hybridized carbons (Fsp3) is 0.643. The Kier molecular flexibility index (Phi) is 3.76. The van der Waals surface area contributed by atoms with Gasteiger partial charge in [-0.2, -0.15) is 0 Å². The molecule has 1 atom stereocenters. The molecule has 4 heteroatoms. The second-order valence-electron chi connectivity index (χ2n) is 6.12. The minimum Gasteiger partial charge on any atom is -0.352 e. The Morgan fingerprint density at radius 3 is 2.89 bits per heavy atom. The van der Waals surface area contributed by atoms with Gasteiger partial charge in [-0.25, -0.2) is 0 Å². The molecule has 0 bridgehead atoms. The van der Waals surface area contributed by atoms with Gasteiger partial charge in [0.05, 0.1) is 0 Å². The average Bonchev–Trinajstić information content (AvgIpc) is 2.85. The standard InChI is InChI=1S/C14H23N3O/c1-14(2,3)15-8-11-6-7-17(9-11)10-12-4-5-13(18)16-12/h6-7,9,12,15H,4-5,8,10H2,1-3H3,(H,16,18). The zero-order valence-electron chi connectivity index (χ0n) is 11.5. The maximum absolute atomic E-state index is 11.1. The summed E-state index contributed by atoms with van der Waals surface area (Å²) in [5.74, 6) is 0.182. The van der Waals surface area contributed by atoms with Crippen molar-refractivity contribution in [3.63, 3.8) is 0 Å². The number of aromatic nitrogens is 1. The summed E-state index contributed by atoms with van der Waals surface area (Å²) >= 11 is 0. The molecule has 18 heavy (non-hydrogen) atoms. The van der Waals surface area contributed by atoms with Gasteiger partial charge in [0.25, 0.3) is 0 Å². The Labute approximate surface area is 109 Å². The molecular weight excluding hydrogens is 226 g/mol. The number of rotatable bonds is 4. The van der Waals surface area contributed by atoms with Crippen molar-refractivity contribution in [3.8, 4) is 0 Å². The normalized spacial score (nSPS) is 20.2. The van der Waals surface area contributed by atoms with E-state index in [-0.39, 0.29) is 11.4 Å². The summed E-state index contributed by atoms with van der Waals surface area (Å²) in [4.78, 5) is 11.1. The van der Waals surface area contributed by atoms with Crippen LogP contribution in [0.5, 0.6) is 0 Å². The molecule has 0 spiro atoms. The number of nitrogens with zero attached hydrogens (tertiary/aromatic N) is 1. The van der Waals surface area contributed by atoms with Crippen LogP contribution in [0.3, 0.4) is 0 Å². The molecule has 0 aliphatic carbocycles. The average molecular weight is 249 g/mol. The summed E-state index contributed by atoms with van der Waals surface area (Å²) in [6, 6.07) is 2.43. The molecule has 0 saturated carbocycles. The predicted octanol–water partition coefficient (Wildman–Crippen LogP) is 1.65. The quantitative estimate of drug-likeness (QED) is 0.852. The summed E-state index contributed by atoms with van der Waals surface area (Å²) in [6.07, 6.45) is 5.87. The van der Waals surface area contributed by atoms with Gasteiger partial charge in [-0.1, -0.05) is 0 Å². The highest BCUT2D eigenvalue weighted by molar-refractivity contribution is 5.78. The van der Waals surface area contributed by atoms with E-state index in [2.05, 4.69) is 54.4 Å². The molecule has 2 N–H and O–H groups in total. The largest absolute Gasteiger partial charge is 0.352 e. The predicted molar refractivity (Wildman–Crippen MR) is 72.2 cm³/mol. The minimum absolute atomic E-state index is 0.140. The molecule has 0 radical (unpaired) electrons. The summed E-state index contributed by atoms with van der Waals surface area (Å²) in [7, 11) is 0. The van der Waals surface area contributed by atoms with Crippen LogP contribution in [0.25, 0.3) is 0 Å². The molecule has 1 amide bonds. The van der Waals surface area contributed by atoms with Crippen LogP contribution in [0.4, 0.5) is 0 Å². The monoisotopic (exact) mass is 249 g/mol. The Balaban J connectivity index is 1.84. The minimum atomic E-state index is 0.140. The van der Waals surface area contributed by atoms with Crippen molar-refractivity contribution in [2.75, 3.05) is 0 Å². The van der Waals surface area contributed by atoms with E-state index in [1.54, 1.807) is 0 Å². The molecule has 0 aromatic carbocycles. The van der Waals surface area contributed by atoms with E-state index in [4.69, 9.17) is 0 Å². The highest BCUT2D eigenvalue weighted by atomic mass is 16.1. The Hall–Kier alpha value is -1.29. The van der Waals surface area contributed by atoms with Gasteiger partial charge in [0.2, 0.25) is 5.91 Å². The third kappa shape index (κ3) is 3.88. The molecule has 1 saturated heterocycles. The van der Waals surface area contributed by atoms with Crippen LogP contribution in [-0.4, -0.2) is 22.1 Å². The first kappa shape index (κ1) is 13.1. The van der Waals surface area contributed by atoms with Crippen molar-refractivity contribution in [3.05, 3.63) is 24.0 Å². The molecule has 1 fully saturated rings. The number of carbonyl (C=O) groups excluding carboxylic acids is 1. The number of carbonyl (C=O) groups is 1. The highest BCUT2D eigenvalue weighted by Crippen LogP contribution is 2.11. The third-order valence-electron chi connectivity index (χ3n) is 3.15. The summed E-state index contributed by atoms with van der Waals surface area (Å²) < 4.78 is 2.16. The van der Waals surface area contributed by atoms with Crippen molar-refractivity contribution in [1.29, 1.82) is 0 Å². The molecule has 1 aromatic heterocycles. The van der Waals surface area contributed by atoms with Crippen molar-refractivity contribution >= 4 is 5.91 Å². The lowest BCUT2D eigenvalue weighted by molar-refractivity contribution is -0.119. The van der Waals surface area contributed by atoms with Crippen LogP contribution in [0.15, 0.2) is 18.5 Å². The molecule has 2 heterocycles. The molecule has 1 aliphatic rings. The van der Waals surface area contributed by atoms with Gasteiger partial charge in [0, 0.05) is 43.5 Å². The van der Waals surface area contributed by atoms with Gasteiger partial charge < -0.3 is 15.2 Å². The molecule has 2 rings (SSSR count). The van der Waals surface area contributed by atoms with E-state index in [9.17, 15) is 4.79 Å². The molecule has 1 unspecified atom stereocenters. The smallest absolute Gasteiger partial charge is 0.220 e. The Morgan fingerprint density at radius 2 is 2.28 bits per heavy atom. The summed E-state index contributed by atoms with van der Waals surface area (Å²) in [5.41, 5.74) is 1.43. The Bertz CT molecular complexity index is 417. The van der Waals surface area contributed by atoms with Crippen molar-refractivity contribution in [1.82, 2.24) is 15.2 Å². The van der Waals surface area contributed by atoms with Crippen LogP contribution < -0.4 is 10.6 Å². The molecule has 4 nitrogen and oxygen atoms in total. The van der Waals surface area contributed by atoms with Crippen molar-refractivity contribution in [2.24, 2.45) is 0 Å². The SMILES string of the molecule is CC(C)(C)NCc1ccn(CC2CCC(=O)N2)c1. The first-order valence-electron chi connectivity index (χ1n) is 6.61. The lowest BCUT2D eigenvalue weighted by Gasteiger charge is -2.20. The first-order valence-corrected chi connectivity index (χ1v) is 6.61. The van der Waals surface area contributed by atoms with E-state index >= 15 is 0 Å². The number of nitrogens with one attached hydrogen (secondary N) is 2. The number of hydrogen-bond acceptors (Lipinski definition) is 2. The van der Waals surface area contributed by atoms with E-state index in [1.807, 2.05) is 0 Å². The van der Waals surface area contributed by atoms with Crippen molar-refractivity contribution in [2.45, 2.75) is 58.3 Å². The van der Waals surface area contributed by atoms with Crippen molar-refractivity contribution < 1.29 is 4.79 Å². The van der Waals surface area contributed by atoms with E-state index in [0.29, 0.717) is 12.5 Å². The van der Waals surface area contributed by atoms with Gasteiger partial charge in [-0.15, -0.1) is 0 Å². The molecular formula is C14H23N3O. The maximum atomic E-state index is 11.1. The fourth-order valence-electron chi connectivity index (χ4n) is 2.14. The van der Waals surface area contributed by atoms with Crippen LogP contribution >= 0.6 is 0 Å². The summed E-state index contributed by atoms with van der Waals surface area (Å²) in [5, 5.41) is 6.46. The van der Waals surface area contributed by atoms with E-state index < -0.39 is 0 Å². The topological polar surface area (TPSA) is 46.1 Å². The van der Waals surface area contributed by atoms with Crippen LogP contribution in [0, 0.1) is 0 Å². The third-order valence-corrected chi connectivity index (χ3v) is 3.15.